The van der Waals surface area contributed by atoms with Gasteiger partial charge in [-0.05, 0) is 37.1 Å². The summed E-state index contributed by atoms with van der Waals surface area (Å²) in [6.07, 6.45) is 4.58. The lowest BCUT2D eigenvalue weighted by Gasteiger charge is -2.17. The standard InChI is InChI=1S/C23H24N2O5S/c1-3-17(15-22-24(4-2)18-9-5-7-11-20(18)29-22)16-23-25(13-14-31(26,27)28)19-10-6-8-12-21(19)30-23/h5-12,15-16H,3-4,13-14H2,1-2H3/p+1. The number of hydrogen-bond donors (Lipinski definition) is 1. The number of aromatic nitrogens is 1. The molecule has 2 heterocycles. The second kappa shape index (κ2) is 8.56. The molecule has 2 aromatic carbocycles. The molecule has 0 fully saturated rings. The van der Waals surface area contributed by atoms with Crippen LogP contribution in [0.3, 0.4) is 0 Å². The van der Waals surface area contributed by atoms with E-state index in [0.29, 0.717) is 11.6 Å². The molecule has 1 aliphatic rings. The van der Waals surface area contributed by atoms with Crippen molar-refractivity contribution < 1.29 is 26.7 Å². The number of ether oxygens (including phenoxy) is 1. The van der Waals surface area contributed by atoms with E-state index in [4.69, 9.17) is 9.15 Å². The number of allylic oxidation sites excluding steroid dienone is 2. The van der Waals surface area contributed by atoms with Gasteiger partial charge in [0.05, 0.1) is 17.5 Å². The van der Waals surface area contributed by atoms with Crippen LogP contribution in [0.4, 0.5) is 5.69 Å². The van der Waals surface area contributed by atoms with E-state index < -0.39 is 15.9 Å². The van der Waals surface area contributed by atoms with Crippen LogP contribution in [0, 0.1) is 0 Å². The highest BCUT2D eigenvalue weighted by Crippen LogP contribution is 2.39. The van der Waals surface area contributed by atoms with Crippen molar-refractivity contribution in [2.24, 2.45) is 0 Å². The monoisotopic (exact) mass is 441 g/mol. The Morgan fingerprint density at radius 1 is 1.13 bits per heavy atom. The lowest BCUT2D eigenvalue weighted by molar-refractivity contribution is -0.674. The Balaban J connectivity index is 1.72. The third-order valence-electron chi connectivity index (χ3n) is 5.19. The molecule has 8 heteroatoms. The van der Waals surface area contributed by atoms with Crippen LogP contribution in [0.25, 0.3) is 17.2 Å². The molecule has 4 rings (SSSR count). The number of fused-ring (bicyclic) bond motifs is 2. The van der Waals surface area contributed by atoms with E-state index in [1.54, 1.807) is 4.90 Å². The van der Waals surface area contributed by atoms with Crippen LogP contribution >= 0.6 is 0 Å². The van der Waals surface area contributed by atoms with Gasteiger partial charge < -0.3 is 14.1 Å². The zero-order valence-corrected chi connectivity index (χ0v) is 18.3. The van der Waals surface area contributed by atoms with Gasteiger partial charge in [-0.3, -0.25) is 4.55 Å². The van der Waals surface area contributed by atoms with Crippen LogP contribution in [0.1, 0.15) is 26.2 Å². The predicted molar refractivity (Wildman–Crippen MR) is 119 cm³/mol. The fourth-order valence-electron chi connectivity index (χ4n) is 3.65. The van der Waals surface area contributed by atoms with Crippen LogP contribution in [-0.2, 0) is 16.7 Å². The van der Waals surface area contributed by atoms with Crippen molar-refractivity contribution >= 4 is 33.0 Å². The number of rotatable bonds is 7. The third kappa shape index (κ3) is 4.50. The largest absolute Gasteiger partial charge is 0.439 e. The van der Waals surface area contributed by atoms with E-state index in [9.17, 15) is 13.0 Å². The first-order valence-electron chi connectivity index (χ1n) is 10.2. The Kier molecular flexibility index (Phi) is 5.84. The quantitative estimate of drug-likeness (QED) is 0.438. The van der Waals surface area contributed by atoms with Gasteiger partial charge in [-0.25, -0.2) is 0 Å². The van der Waals surface area contributed by atoms with Crippen LogP contribution < -0.4 is 14.2 Å². The summed E-state index contributed by atoms with van der Waals surface area (Å²) in [4.78, 5) is 1.76. The summed E-state index contributed by atoms with van der Waals surface area (Å²) >= 11 is 0. The number of oxazole rings is 1. The Bertz CT molecular complexity index is 1270. The minimum atomic E-state index is -4.10. The van der Waals surface area contributed by atoms with E-state index in [-0.39, 0.29) is 6.54 Å². The number of benzene rings is 2. The number of anilines is 1. The van der Waals surface area contributed by atoms with E-state index in [2.05, 4.69) is 11.5 Å². The fraction of sp³-hybridized carbons (Fsp3) is 0.261. The molecular weight excluding hydrogens is 416 g/mol. The topological polar surface area (TPSA) is 83.9 Å². The summed E-state index contributed by atoms with van der Waals surface area (Å²) in [7, 11) is -4.10. The number of hydrogen-bond acceptors (Lipinski definition) is 5. The van der Waals surface area contributed by atoms with E-state index >= 15 is 0 Å². The molecule has 0 amide bonds. The summed E-state index contributed by atoms with van der Waals surface area (Å²) in [6, 6.07) is 15.3. The number of aryl methyl sites for hydroxylation is 1. The van der Waals surface area contributed by atoms with Gasteiger partial charge in [0, 0.05) is 18.7 Å². The SMILES string of the molecule is CCC(=Cc1oc2ccccc2[n+]1CC)C=C1Oc2ccccc2N1CCS(=O)(=O)O. The first kappa shape index (κ1) is 21.1. The van der Waals surface area contributed by atoms with Crippen molar-refractivity contribution in [1.29, 1.82) is 0 Å². The molecule has 0 saturated carbocycles. The van der Waals surface area contributed by atoms with Crippen molar-refractivity contribution in [3.63, 3.8) is 0 Å². The van der Waals surface area contributed by atoms with Crippen LogP contribution in [-0.4, -0.2) is 25.3 Å². The van der Waals surface area contributed by atoms with Crippen molar-refractivity contribution in [3.05, 3.63) is 72.0 Å². The van der Waals surface area contributed by atoms with Crippen LogP contribution in [0.5, 0.6) is 5.75 Å². The van der Waals surface area contributed by atoms with E-state index in [1.165, 1.54) is 0 Å². The Morgan fingerprint density at radius 3 is 2.61 bits per heavy atom. The lowest BCUT2D eigenvalue weighted by Crippen LogP contribution is -2.33. The molecule has 0 bridgehead atoms. The van der Waals surface area contributed by atoms with Gasteiger partial charge in [0.25, 0.3) is 15.6 Å². The van der Waals surface area contributed by atoms with E-state index in [0.717, 1.165) is 41.2 Å². The van der Waals surface area contributed by atoms with Crippen LogP contribution in [0.2, 0.25) is 0 Å². The smallest absolute Gasteiger partial charge is 0.374 e. The van der Waals surface area contributed by atoms with Gasteiger partial charge in [0.1, 0.15) is 6.54 Å². The minimum absolute atomic E-state index is 0.0816. The summed E-state index contributed by atoms with van der Waals surface area (Å²) in [5.41, 5.74) is 3.57. The summed E-state index contributed by atoms with van der Waals surface area (Å²) in [6.45, 7) is 4.95. The maximum atomic E-state index is 11.3. The van der Waals surface area contributed by atoms with E-state index in [1.807, 2.05) is 67.6 Å². The van der Waals surface area contributed by atoms with Gasteiger partial charge in [0.15, 0.2) is 5.75 Å². The Morgan fingerprint density at radius 2 is 1.87 bits per heavy atom. The molecule has 0 aliphatic carbocycles. The van der Waals surface area contributed by atoms with Crippen molar-refractivity contribution in [1.82, 2.24) is 0 Å². The van der Waals surface area contributed by atoms with Crippen LogP contribution in [0.15, 0.2) is 70.5 Å². The molecule has 0 spiro atoms. The highest BCUT2D eigenvalue weighted by Gasteiger charge is 2.27. The lowest BCUT2D eigenvalue weighted by atomic mass is 10.2. The maximum absolute atomic E-state index is 11.3. The third-order valence-corrected chi connectivity index (χ3v) is 5.89. The Labute approximate surface area is 181 Å². The molecule has 0 radical (unpaired) electrons. The first-order chi connectivity index (χ1) is 14.9. The molecule has 1 N–H and O–H groups in total. The molecule has 7 nitrogen and oxygen atoms in total. The van der Waals surface area contributed by atoms with Gasteiger partial charge in [-0.15, -0.1) is 0 Å². The summed E-state index contributed by atoms with van der Waals surface area (Å²) in [5.74, 6) is 1.49. The Hall–Kier alpha value is -3.10. The summed E-state index contributed by atoms with van der Waals surface area (Å²) in [5, 5.41) is 0. The average molecular weight is 442 g/mol. The van der Waals surface area contributed by atoms with Crippen molar-refractivity contribution in [2.45, 2.75) is 26.8 Å². The minimum Gasteiger partial charge on any atom is -0.439 e. The van der Waals surface area contributed by atoms with Crippen molar-refractivity contribution in [2.75, 3.05) is 17.2 Å². The molecule has 31 heavy (non-hydrogen) atoms. The fourth-order valence-corrected chi connectivity index (χ4v) is 4.06. The van der Waals surface area contributed by atoms with Gasteiger partial charge in [-0.1, -0.05) is 31.2 Å². The van der Waals surface area contributed by atoms with Gasteiger partial charge >= 0.3 is 5.89 Å². The molecule has 162 valence electrons. The predicted octanol–water partition coefficient (Wildman–Crippen LogP) is 4.16. The highest BCUT2D eigenvalue weighted by atomic mass is 32.2. The zero-order chi connectivity index (χ0) is 22.0. The van der Waals surface area contributed by atoms with Gasteiger partial charge in [-0.2, -0.15) is 13.0 Å². The normalized spacial score (nSPS) is 15.5. The first-order valence-corrected chi connectivity index (χ1v) is 11.8. The molecule has 0 atom stereocenters. The summed E-state index contributed by atoms with van der Waals surface area (Å²) < 4.78 is 46.0. The molecule has 3 aromatic rings. The average Bonchev–Trinajstić information content (AvgIpc) is 3.27. The molecule has 1 aliphatic heterocycles. The molecule has 0 unspecified atom stereocenters. The zero-order valence-electron chi connectivity index (χ0n) is 17.5. The molecule has 0 saturated heterocycles. The highest BCUT2D eigenvalue weighted by molar-refractivity contribution is 7.85. The second-order valence-electron chi connectivity index (χ2n) is 7.22. The van der Waals surface area contributed by atoms with Gasteiger partial charge in [0.2, 0.25) is 11.5 Å². The molecular formula is C23H25N2O5S+. The van der Waals surface area contributed by atoms with Crippen molar-refractivity contribution in [3.8, 4) is 5.75 Å². The molecule has 1 aromatic heterocycles. The number of nitrogens with zero attached hydrogens (tertiary/aromatic N) is 2. The number of para-hydroxylation sites is 4. The maximum Gasteiger partial charge on any atom is 0.374 e. The second-order valence-corrected chi connectivity index (χ2v) is 8.79.